The molecule has 0 unspecified atom stereocenters. The molecular weight excluding hydrogens is 183 g/mol. The molecule has 1 aromatic rings. The Bertz CT molecular complexity index is 316. The molecule has 0 fully saturated rings. The molecule has 3 nitrogen and oxygen atoms in total. The molecule has 1 heterocycles. The molecule has 0 aromatic carbocycles. The van der Waals surface area contributed by atoms with Crippen molar-refractivity contribution in [3.63, 3.8) is 0 Å². The minimum absolute atomic E-state index is 0.0279. The van der Waals surface area contributed by atoms with E-state index >= 15 is 0 Å². The summed E-state index contributed by atoms with van der Waals surface area (Å²) in [5, 5.41) is 2.31. The quantitative estimate of drug-likeness (QED) is 0.674. The molecule has 0 saturated heterocycles. The first-order valence-corrected chi connectivity index (χ1v) is 3.56. The summed E-state index contributed by atoms with van der Waals surface area (Å²) in [5.41, 5.74) is -0.109. The summed E-state index contributed by atoms with van der Waals surface area (Å²) in [5.74, 6) is -1.19. The number of nitrogens with one attached hydrogen (secondary N) is 1. The van der Waals surface area contributed by atoms with Gasteiger partial charge in [-0.25, -0.2) is 9.37 Å². The zero-order chi connectivity index (χ0) is 9.14. The standard InChI is InChI=1S/C7H6ClFN2O/c1-10-7(12)4-3-11-6(8)2-5(4)9/h2-3H,1H3,(H,10,12). The van der Waals surface area contributed by atoms with Gasteiger partial charge in [-0.1, -0.05) is 11.6 Å². The number of carbonyl (C=O) groups is 1. The largest absolute Gasteiger partial charge is 0.355 e. The Balaban J connectivity index is 3.09. The SMILES string of the molecule is CNC(=O)c1cnc(Cl)cc1F. The zero-order valence-corrected chi connectivity index (χ0v) is 7.02. The van der Waals surface area contributed by atoms with Crippen LogP contribution in [0.4, 0.5) is 4.39 Å². The lowest BCUT2D eigenvalue weighted by Crippen LogP contribution is -2.19. The Morgan fingerprint density at radius 2 is 2.42 bits per heavy atom. The Labute approximate surface area is 73.6 Å². The lowest BCUT2D eigenvalue weighted by Gasteiger charge is -1.99. The summed E-state index contributed by atoms with van der Waals surface area (Å²) in [6.45, 7) is 0. The van der Waals surface area contributed by atoms with Gasteiger partial charge >= 0.3 is 0 Å². The Morgan fingerprint density at radius 1 is 1.75 bits per heavy atom. The van der Waals surface area contributed by atoms with Crippen molar-refractivity contribution in [2.24, 2.45) is 0 Å². The lowest BCUT2D eigenvalue weighted by atomic mass is 10.2. The van der Waals surface area contributed by atoms with E-state index in [1.54, 1.807) is 0 Å². The molecule has 1 aromatic heterocycles. The van der Waals surface area contributed by atoms with Crippen molar-refractivity contribution in [1.82, 2.24) is 10.3 Å². The van der Waals surface area contributed by atoms with Crippen LogP contribution in [0.2, 0.25) is 5.15 Å². The molecule has 0 spiro atoms. The number of hydrogen-bond donors (Lipinski definition) is 1. The van der Waals surface area contributed by atoms with Gasteiger partial charge in [0.2, 0.25) is 0 Å². The first-order chi connectivity index (χ1) is 5.65. The van der Waals surface area contributed by atoms with Crippen molar-refractivity contribution in [2.75, 3.05) is 7.05 Å². The molecule has 1 rings (SSSR count). The third-order valence-electron chi connectivity index (χ3n) is 1.29. The smallest absolute Gasteiger partial charge is 0.255 e. The molecule has 12 heavy (non-hydrogen) atoms. The fourth-order valence-electron chi connectivity index (χ4n) is 0.709. The molecule has 5 heteroatoms. The Morgan fingerprint density at radius 3 is 2.92 bits per heavy atom. The minimum atomic E-state index is -0.672. The highest BCUT2D eigenvalue weighted by atomic mass is 35.5. The average Bonchev–Trinajstić information content (AvgIpc) is 2.03. The van der Waals surface area contributed by atoms with Crippen molar-refractivity contribution in [3.8, 4) is 0 Å². The van der Waals surface area contributed by atoms with Crippen LogP contribution in [0.3, 0.4) is 0 Å². The van der Waals surface area contributed by atoms with Crippen LogP contribution in [0.5, 0.6) is 0 Å². The van der Waals surface area contributed by atoms with Crippen LogP contribution in [0, 0.1) is 5.82 Å². The predicted octanol–water partition coefficient (Wildman–Crippen LogP) is 1.23. The zero-order valence-electron chi connectivity index (χ0n) is 6.27. The second-order valence-corrected chi connectivity index (χ2v) is 2.45. The second-order valence-electron chi connectivity index (χ2n) is 2.07. The van der Waals surface area contributed by atoms with Gasteiger partial charge in [0, 0.05) is 19.3 Å². The van der Waals surface area contributed by atoms with Crippen LogP contribution in [-0.4, -0.2) is 17.9 Å². The summed E-state index contributed by atoms with van der Waals surface area (Å²) in [7, 11) is 1.41. The maximum atomic E-state index is 12.9. The van der Waals surface area contributed by atoms with E-state index in [0.29, 0.717) is 0 Å². The number of aromatic nitrogens is 1. The number of nitrogens with zero attached hydrogens (tertiary/aromatic N) is 1. The van der Waals surface area contributed by atoms with E-state index in [0.717, 1.165) is 12.3 Å². The molecule has 0 saturated carbocycles. The van der Waals surface area contributed by atoms with E-state index < -0.39 is 11.7 Å². The van der Waals surface area contributed by atoms with Crippen LogP contribution in [0.15, 0.2) is 12.3 Å². The first kappa shape index (κ1) is 8.93. The number of amides is 1. The number of hydrogen-bond acceptors (Lipinski definition) is 2. The van der Waals surface area contributed by atoms with Crippen LogP contribution >= 0.6 is 11.6 Å². The van der Waals surface area contributed by atoms with Gasteiger partial charge in [0.15, 0.2) is 0 Å². The van der Waals surface area contributed by atoms with Gasteiger partial charge in [0.1, 0.15) is 11.0 Å². The Kier molecular flexibility index (Phi) is 2.60. The van der Waals surface area contributed by atoms with Crippen molar-refractivity contribution < 1.29 is 9.18 Å². The summed E-state index contributed by atoms with van der Waals surface area (Å²) in [6.07, 6.45) is 1.09. The minimum Gasteiger partial charge on any atom is -0.355 e. The topological polar surface area (TPSA) is 42.0 Å². The predicted molar refractivity (Wildman–Crippen MR) is 42.6 cm³/mol. The van der Waals surface area contributed by atoms with E-state index in [4.69, 9.17) is 11.6 Å². The summed E-state index contributed by atoms with van der Waals surface area (Å²) in [4.78, 5) is 14.5. The van der Waals surface area contributed by atoms with E-state index in [1.165, 1.54) is 7.05 Å². The molecule has 64 valence electrons. The van der Waals surface area contributed by atoms with Gasteiger partial charge in [-0.15, -0.1) is 0 Å². The summed E-state index contributed by atoms with van der Waals surface area (Å²) in [6, 6.07) is 0.992. The summed E-state index contributed by atoms with van der Waals surface area (Å²) >= 11 is 5.38. The maximum absolute atomic E-state index is 12.9. The van der Waals surface area contributed by atoms with Crippen LogP contribution in [0.25, 0.3) is 0 Å². The molecule has 1 N–H and O–H groups in total. The summed E-state index contributed by atoms with van der Waals surface area (Å²) < 4.78 is 12.9. The average molecular weight is 189 g/mol. The maximum Gasteiger partial charge on any atom is 0.255 e. The Hall–Kier alpha value is -1.16. The molecule has 0 aliphatic rings. The number of pyridine rings is 1. The van der Waals surface area contributed by atoms with Crippen molar-refractivity contribution in [3.05, 3.63) is 28.8 Å². The van der Waals surface area contributed by atoms with Crippen LogP contribution in [-0.2, 0) is 0 Å². The van der Waals surface area contributed by atoms with Gasteiger partial charge in [0.05, 0.1) is 5.56 Å². The number of rotatable bonds is 1. The monoisotopic (exact) mass is 188 g/mol. The third kappa shape index (κ3) is 1.71. The molecule has 1 amide bonds. The first-order valence-electron chi connectivity index (χ1n) is 3.18. The number of carbonyl (C=O) groups excluding carboxylic acids is 1. The molecule has 0 aliphatic heterocycles. The van der Waals surface area contributed by atoms with Crippen molar-refractivity contribution in [1.29, 1.82) is 0 Å². The van der Waals surface area contributed by atoms with E-state index in [9.17, 15) is 9.18 Å². The lowest BCUT2D eigenvalue weighted by molar-refractivity contribution is 0.0958. The fourth-order valence-corrected chi connectivity index (χ4v) is 0.854. The van der Waals surface area contributed by atoms with Gasteiger partial charge in [0.25, 0.3) is 5.91 Å². The highest BCUT2D eigenvalue weighted by molar-refractivity contribution is 6.29. The van der Waals surface area contributed by atoms with Crippen molar-refractivity contribution >= 4 is 17.5 Å². The van der Waals surface area contributed by atoms with Gasteiger partial charge in [-0.05, 0) is 0 Å². The fraction of sp³-hybridized carbons (Fsp3) is 0.143. The molecule has 0 aliphatic carbocycles. The highest BCUT2D eigenvalue weighted by Gasteiger charge is 2.10. The molecule has 0 atom stereocenters. The molecule has 0 radical (unpaired) electrons. The van der Waals surface area contributed by atoms with E-state index in [-0.39, 0.29) is 10.7 Å². The van der Waals surface area contributed by atoms with Gasteiger partial charge < -0.3 is 5.32 Å². The van der Waals surface area contributed by atoms with Gasteiger partial charge in [-0.3, -0.25) is 4.79 Å². The highest BCUT2D eigenvalue weighted by Crippen LogP contribution is 2.10. The third-order valence-corrected chi connectivity index (χ3v) is 1.50. The molecule has 0 bridgehead atoms. The van der Waals surface area contributed by atoms with Crippen LogP contribution in [0.1, 0.15) is 10.4 Å². The normalized spacial score (nSPS) is 9.58. The van der Waals surface area contributed by atoms with Crippen molar-refractivity contribution in [2.45, 2.75) is 0 Å². The van der Waals surface area contributed by atoms with Crippen LogP contribution < -0.4 is 5.32 Å². The second kappa shape index (κ2) is 3.49. The van der Waals surface area contributed by atoms with E-state index in [1.807, 2.05) is 0 Å². The number of halogens is 2. The van der Waals surface area contributed by atoms with Gasteiger partial charge in [-0.2, -0.15) is 0 Å². The molecular formula is C7H6ClFN2O. The van der Waals surface area contributed by atoms with E-state index in [2.05, 4.69) is 10.3 Å².